The van der Waals surface area contributed by atoms with Crippen LogP contribution in [-0.2, 0) is 11.3 Å². The third kappa shape index (κ3) is 4.46. The van der Waals surface area contributed by atoms with E-state index in [4.69, 9.17) is 4.74 Å². The highest BCUT2D eigenvalue weighted by Crippen LogP contribution is 2.19. The molecule has 1 aromatic carbocycles. The second-order valence-corrected chi connectivity index (χ2v) is 4.45. The first-order chi connectivity index (χ1) is 8.19. The quantitative estimate of drug-likeness (QED) is 0.784. The normalized spacial score (nSPS) is 10.3. The molecule has 0 aliphatic heterocycles. The Morgan fingerprint density at radius 1 is 1.41 bits per heavy atom. The van der Waals surface area contributed by atoms with Gasteiger partial charge in [0.25, 0.3) is 5.91 Å². The van der Waals surface area contributed by atoms with Crippen LogP contribution in [0.5, 0.6) is 0 Å². The number of methoxy groups -OCH3 is 1. The zero-order valence-corrected chi connectivity index (χ0v) is 11.6. The largest absolute Gasteiger partial charge is 0.380 e. The molecule has 0 aromatic heterocycles. The van der Waals surface area contributed by atoms with Crippen LogP contribution < -0.4 is 10.6 Å². The zero-order valence-electron chi connectivity index (χ0n) is 10.0. The maximum Gasteiger partial charge on any atom is 0.251 e. The number of ether oxygens (including phenoxy) is 1. The third-order valence-corrected chi connectivity index (χ3v) is 3.04. The lowest BCUT2D eigenvalue weighted by molar-refractivity contribution is 0.0954. The van der Waals surface area contributed by atoms with Gasteiger partial charge in [0.05, 0.1) is 6.61 Å². The first-order valence-corrected chi connectivity index (χ1v) is 6.18. The van der Waals surface area contributed by atoms with Crippen LogP contribution in [0.1, 0.15) is 15.9 Å². The molecule has 0 bridgehead atoms. The van der Waals surface area contributed by atoms with Crippen molar-refractivity contribution in [3.05, 3.63) is 33.8 Å². The van der Waals surface area contributed by atoms with Crippen LogP contribution >= 0.6 is 15.9 Å². The van der Waals surface area contributed by atoms with Crippen molar-refractivity contribution < 1.29 is 9.53 Å². The van der Waals surface area contributed by atoms with E-state index >= 15 is 0 Å². The molecule has 0 aliphatic rings. The van der Waals surface area contributed by atoms with E-state index in [1.54, 1.807) is 13.2 Å². The molecule has 4 nitrogen and oxygen atoms in total. The third-order valence-electron chi connectivity index (χ3n) is 2.27. The van der Waals surface area contributed by atoms with E-state index in [-0.39, 0.29) is 5.91 Å². The molecule has 0 atom stereocenters. The molecule has 0 aliphatic carbocycles. The van der Waals surface area contributed by atoms with Crippen LogP contribution in [-0.4, -0.2) is 33.2 Å². The Labute approximate surface area is 110 Å². The number of halogens is 1. The molecule has 2 N–H and O–H groups in total. The second-order valence-electron chi connectivity index (χ2n) is 3.60. The summed E-state index contributed by atoms with van der Waals surface area (Å²) in [5.74, 6) is -0.0647. The molecule has 0 saturated heterocycles. The number of benzene rings is 1. The number of rotatable bonds is 6. The summed E-state index contributed by atoms with van der Waals surface area (Å²) >= 11 is 3.42. The van der Waals surface area contributed by atoms with Gasteiger partial charge in [0.15, 0.2) is 0 Å². The summed E-state index contributed by atoms with van der Waals surface area (Å²) in [6.45, 7) is 1.86. The number of hydrogen-bond donors (Lipinski definition) is 2. The summed E-state index contributed by atoms with van der Waals surface area (Å²) in [4.78, 5) is 11.8. The molecule has 5 heteroatoms. The fourth-order valence-electron chi connectivity index (χ4n) is 1.39. The average Bonchev–Trinajstić information content (AvgIpc) is 2.32. The molecular formula is C12H17BrN2O2. The molecule has 1 aromatic rings. The van der Waals surface area contributed by atoms with Crippen molar-refractivity contribution in [2.45, 2.75) is 6.61 Å². The monoisotopic (exact) mass is 300 g/mol. The highest BCUT2D eigenvalue weighted by molar-refractivity contribution is 9.10. The topological polar surface area (TPSA) is 50.4 Å². The standard InChI is InChI=1S/C12H17BrN2O2/c1-14-5-6-15-12(16)9-3-4-11(13)10(7-9)8-17-2/h3-4,7,14H,5-6,8H2,1-2H3,(H,15,16). The van der Waals surface area contributed by atoms with Gasteiger partial charge in [-0.3, -0.25) is 4.79 Å². The number of amides is 1. The minimum atomic E-state index is -0.0647. The van der Waals surface area contributed by atoms with E-state index in [9.17, 15) is 4.79 Å². The predicted molar refractivity (Wildman–Crippen MR) is 71.1 cm³/mol. The average molecular weight is 301 g/mol. The summed E-state index contributed by atoms with van der Waals surface area (Å²) in [6, 6.07) is 5.49. The van der Waals surface area contributed by atoms with Gasteiger partial charge >= 0.3 is 0 Å². The van der Waals surface area contributed by atoms with Crippen LogP contribution in [0.2, 0.25) is 0 Å². The number of nitrogens with one attached hydrogen (secondary N) is 2. The lowest BCUT2D eigenvalue weighted by atomic mass is 10.1. The minimum Gasteiger partial charge on any atom is -0.380 e. The van der Waals surface area contributed by atoms with E-state index < -0.39 is 0 Å². The first-order valence-electron chi connectivity index (χ1n) is 5.39. The van der Waals surface area contributed by atoms with Gasteiger partial charge in [-0.15, -0.1) is 0 Å². The molecular weight excluding hydrogens is 284 g/mol. The fourth-order valence-corrected chi connectivity index (χ4v) is 1.75. The van der Waals surface area contributed by atoms with Gasteiger partial charge in [0.1, 0.15) is 0 Å². The smallest absolute Gasteiger partial charge is 0.251 e. The van der Waals surface area contributed by atoms with Crippen molar-refractivity contribution in [1.29, 1.82) is 0 Å². The summed E-state index contributed by atoms with van der Waals surface area (Å²) in [5.41, 5.74) is 1.62. The summed E-state index contributed by atoms with van der Waals surface area (Å²) < 4.78 is 6.02. The predicted octanol–water partition coefficient (Wildman–Crippen LogP) is 1.54. The Morgan fingerprint density at radius 2 is 2.18 bits per heavy atom. The van der Waals surface area contributed by atoms with Gasteiger partial charge in [0, 0.05) is 30.2 Å². The van der Waals surface area contributed by atoms with Crippen LogP contribution in [0, 0.1) is 0 Å². The van der Waals surface area contributed by atoms with Crippen LogP contribution in [0.25, 0.3) is 0 Å². The highest BCUT2D eigenvalue weighted by atomic mass is 79.9. The second kappa shape index (κ2) is 7.42. The summed E-state index contributed by atoms with van der Waals surface area (Å²) in [5, 5.41) is 5.80. The molecule has 0 fully saturated rings. The Morgan fingerprint density at radius 3 is 2.82 bits per heavy atom. The lowest BCUT2D eigenvalue weighted by Crippen LogP contribution is -2.30. The summed E-state index contributed by atoms with van der Waals surface area (Å²) in [7, 11) is 3.48. The van der Waals surface area contributed by atoms with Gasteiger partial charge in [-0.1, -0.05) is 15.9 Å². The van der Waals surface area contributed by atoms with E-state index in [2.05, 4.69) is 26.6 Å². The Balaban J connectivity index is 2.70. The number of carbonyl (C=O) groups excluding carboxylic acids is 1. The number of carbonyl (C=O) groups is 1. The molecule has 0 radical (unpaired) electrons. The zero-order chi connectivity index (χ0) is 12.7. The maximum atomic E-state index is 11.8. The highest BCUT2D eigenvalue weighted by Gasteiger charge is 2.07. The first kappa shape index (κ1) is 14.2. The fraction of sp³-hybridized carbons (Fsp3) is 0.417. The van der Waals surface area contributed by atoms with Crippen LogP contribution in [0.3, 0.4) is 0 Å². The van der Waals surface area contributed by atoms with E-state index in [0.717, 1.165) is 16.6 Å². The molecule has 1 amide bonds. The van der Waals surface area contributed by atoms with Gasteiger partial charge in [-0.25, -0.2) is 0 Å². The molecule has 1 rings (SSSR count). The Kier molecular flexibility index (Phi) is 6.18. The van der Waals surface area contributed by atoms with Crippen molar-refractivity contribution in [1.82, 2.24) is 10.6 Å². The van der Waals surface area contributed by atoms with E-state index in [1.165, 1.54) is 0 Å². The lowest BCUT2D eigenvalue weighted by Gasteiger charge is -2.08. The Hall–Kier alpha value is -0.910. The SMILES string of the molecule is CNCCNC(=O)c1ccc(Br)c(COC)c1. The molecule has 94 valence electrons. The molecule has 0 unspecified atom stereocenters. The Bertz CT molecular complexity index is 383. The number of likely N-dealkylation sites (N-methyl/N-ethyl adjacent to an activating group) is 1. The maximum absolute atomic E-state index is 11.8. The van der Waals surface area contributed by atoms with Gasteiger partial charge < -0.3 is 15.4 Å². The van der Waals surface area contributed by atoms with Crippen LogP contribution in [0.4, 0.5) is 0 Å². The van der Waals surface area contributed by atoms with Crippen molar-refractivity contribution >= 4 is 21.8 Å². The van der Waals surface area contributed by atoms with Crippen molar-refractivity contribution in [3.8, 4) is 0 Å². The molecule has 0 spiro atoms. The summed E-state index contributed by atoms with van der Waals surface area (Å²) in [6.07, 6.45) is 0. The number of hydrogen-bond acceptors (Lipinski definition) is 3. The van der Waals surface area contributed by atoms with Gasteiger partial charge in [0.2, 0.25) is 0 Å². The van der Waals surface area contributed by atoms with Crippen LogP contribution in [0.15, 0.2) is 22.7 Å². The van der Waals surface area contributed by atoms with E-state index in [1.807, 2.05) is 19.2 Å². The molecule has 0 heterocycles. The van der Waals surface area contributed by atoms with Gasteiger partial charge in [-0.2, -0.15) is 0 Å². The molecule has 0 saturated carbocycles. The van der Waals surface area contributed by atoms with Crippen molar-refractivity contribution in [2.24, 2.45) is 0 Å². The minimum absolute atomic E-state index is 0.0647. The van der Waals surface area contributed by atoms with Crippen molar-refractivity contribution in [2.75, 3.05) is 27.2 Å². The van der Waals surface area contributed by atoms with E-state index in [0.29, 0.717) is 18.7 Å². The van der Waals surface area contributed by atoms with Gasteiger partial charge in [-0.05, 0) is 30.8 Å². The van der Waals surface area contributed by atoms with Crippen molar-refractivity contribution in [3.63, 3.8) is 0 Å². The molecule has 17 heavy (non-hydrogen) atoms.